The van der Waals surface area contributed by atoms with Gasteiger partial charge in [0.1, 0.15) is 0 Å². The Hall–Kier alpha value is -0.500. The molecule has 3 heterocycles. The molecular weight excluding hydrogens is 320 g/mol. The first-order valence-electron chi connectivity index (χ1n) is 7.94. The average Bonchev–Trinajstić information content (AvgIpc) is 2.99. The van der Waals surface area contributed by atoms with Crippen LogP contribution in [0.15, 0.2) is 5.38 Å². The lowest BCUT2D eigenvalue weighted by Crippen LogP contribution is -2.48. The molecule has 2 fully saturated rings. The van der Waals surface area contributed by atoms with Crippen LogP contribution in [0.4, 0.5) is 0 Å². The van der Waals surface area contributed by atoms with Gasteiger partial charge >= 0.3 is 0 Å². The molecule has 0 amide bonds. The van der Waals surface area contributed by atoms with E-state index in [2.05, 4.69) is 9.88 Å². The van der Waals surface area contributed by atoms with Crippen LogP contribution in [0.3, 0.4) is 0 Å². The van der Waals surface area contributed by atoms with Crippen LogP contribution in [-0.4, -0.2) is 59.6 Å². The van der Waals surface area contributed by atoms with Crippen LogP contribution in [0.25, 0.3) is 0 Å². The smallest absolute Gasteiger partial charge is 0.154 e. The van der Waals surface area contributed by atoms with Crippen molar-refractivity contribution in [2.45, 2.75) is 49.9 Å². The van der Waals surface area contributed by atoms with Gasteiger partial charge in [-0.1, -0.05) is 0 Å². The Bertz CT molecular complexity index is 618. The molecule has 124 valence electrons. The zero-order valence-electron chi connectivity index (χ0n) is 13.0. The number of aryl methyl sites for hydroxylation is 1. The molecule has 1 unspecified atom stereocenters. The van der Waals surface area contributed by atoms with Crippen molar-refractivity contribution in [2.75, 3.05) is 25.4 Å². The number of sulfone groups is 1. The van der Waals surface area contributed by atoms with Crippen molar-refractivity contribution < 1.29 is 13.5 Å². The summed E-state index contributed by atoms with van der Waals surface area (Å²) < 4.78 is 23.8. The molecule has 1 aromatic rings. The van der Waals surface area contributed by atoms with E-state index in [1.807, 2.05) is 12.3 Å². The summed E-state index contributed by atoms with van der Waals surface area (Å²) in [5.41, 5.74) is 0.322. The summed E-state index contributed by atoms with van der Waals surface area (Å²) in [6.45, 7) is 4.14. The molecule has 1 N–H and O–H groups in total. The van der Waals surface area contributed by atoms with Gasteiger partial charge in [0.05, 0.1) is 21.6 Å². The van der Waals surface area contributed by atoms with Gasteiger partial charge in [-0.2, -0.15) is 0 Å². The number of nitrogens with zero attached hydrogens (tertiary/aromatic N) is 2. The number of aliphatic hydroxyl groups is 1. The summed E-state index contributed by atoms with van der Waals surface area (Å²) in [6, 6.07) is 0. The lowest BCUT2D eigenvalue weighted by molar-refractivity contribution is -0.0205. The summed E-state index contributed by atoms with van der Waals surface area (Å²) in [4.78, 5) is 6.64. The Morgan fingerprint density at radius 3 is 2.73 bits per heavy atom. The predicted molar refractivity (Wildman–Crippen MR) is 88.0 cm³/mol. The molecule has 1 aromatic heterocycles. The molecule has 2 saturated heterocycles. The Morgan fingerprint density at radius 2 is 2.18 bits per heavy atom. The van der Waals surface area contributed by atoms with Crippen LogP contribution >= 0.6 is 11.3 Å². The Kier molecular flexibility index (Phi) is 4.60. The quantitative estimate of drug-likeness (QED) is 0.894. The van der Waals surface area contributed by atoms with E-state index in [0.29, 0.717) is 31.6 Å². The molecule has 2 aliphatic heterocycles. The molecule has 2 aliphatic rings. The van der Waals surface area contributed by atoms with Gasteiger partial charge < -0.3 is 10.0 Å². The van der Waals surface area contributed by atoms with E-state index < -0.39 is 15.4 Å². The molecule has 0 saturated carbocycles. The minimum Gasteiger partial charge on any atom is -0.389 e. The molecule has 0 bridgehead atoms. The van der Waals surface area contributed by atoms with Crippen LogP contribution in [-0.2, 0) is 16.3 Å². The SMILES string of the molecule is Cc1csc(CC2(O)CCN(CC3CCCS3(=O)=O)CC2)n1. The third-order valence-corrected chi connectivity index (χ3v) is 8.08. The van der Waals surface area contributed by atoms with Gasteiger partial charge in [0.25, 0.3) is 0 Å². The first kappa shape index (κ1) is 16.4. The maximum absolute atomic E-state index is 11.9. The number of hydrogen-bond acceptors (Lipinski definition) is 6. The van der Waals surface area contributed by atoms with Crippen molar-refractivity contribution in [2.24, 2.45) is 0 Å². The van der Waals surface area contributed by atoms with Crippen LogP contribution in [0.5, 0.6) is 0 Å². The lowest BCUT2D eigenvalue weighted by atomic mass is 9.88. The van der Waals surface area contributed by atoms with Crippen LogP contribution < -0.4 is 0 Å². The fraction of sp³-hybridized carbons (Fsp3) is 0.800. The second-order valence-electron chi connectivity index (χ2n) is 6.72. The predicted octanol–water partition coefficient (Wildman–Crippen LogP) is 1.40. The highest BCUT2D eigenvalue weighted by Crippen LogP contribution is 2.29. The monoisotopic (exact) mass is 344 g/mol. The van der Waals surface area contributed by atoms with E-state index in [9.17, 15) is 13.5 Å². The number of thiazole rings is 1. The average molecular weight is 345 g/mol. The maximum Gasteiger partial charge on any atom is 0.154 e. The normalized spacial score (nSPS) is 28.0. The van der Waals surface area contributed by atoms with Gasteiger partial charge in [-0.3, -0.25) is 0 Å². The van der Waals surface area contributed by atoms with Gasteiger partial charge in [0.2, 0.25) is 0 Å². The van der Waals surface area contributed by atoms with Crippen molar-refractivity contribution in [1.29, 1.82) is 0 Å². The highest BCUT2D eigenvalue weighted by Gasteiger charge is 2.37. The maximum atomic E-state index is 11.9. The Labute approximate surface area is 136 Å². The van der Waals surface area contributed by atoms with Crippen LogP contribution in [0, 0.1) is 6.92 Å². The Balaban J connectivity index is 1.53. The van der Waals surface area contributed by atoms with Gasteiger partial charge in [0.15, 0.2) is 9.84 Å². The topological polar surface area (TPSA) is 70.5 Å². The molecule has 0 radical (unpaired) electrons. The molecule has 7 heteroatoms. The van der Waals surface area contributed by atoms with Gasteiger partial charge in [-0.25, -0.2) is 13.4 Å². The molecule has 0 aromatic carbocycles. The van der Waals surface area contributed by atoms with E-state index in [0.717, 1.165) is 36.6 Å². The fourth-order valence-corrected chi connectivity index (χ4v) is 6.22. The second kappa shape index (κ2) is 6.19. The molecule has 5 nitrogen and oxygen atoms in total. The molecule has 1 atom stereocenters. The minimum atomic E-state index is -2.87. The molecule has 0 aliphatic carbocycles. The molecular formula is C15H24N2O3S2. The standard InChI is InChI=1S/C15H24N2O3S2/c1-12-11-21-14(16-12)9-15(18)4-6-17(7-5-15)10-13-3-2-8-22(13,19)20/h11,13,18H,2-10H2,1H3. The van der Waals surface area contributed by atoms with E-state index in [1.54, 1.807) is 11.3 Å². The van der Waals surface area contributed by atoms with Gasteiger partial charge in [-0.15, -0.1) is 11.3 Å². The zero-order valence-corrected chi connectivity index (χ0v) is 14.6. The van der Waals surface area contributed by atoms with E-state index >= 15 is 0 Å². The third-order valence-electron chi connectivity index (χ3n) is 4.86. The van der Waals surface area contributed by atoms with Gasteiger partial charge in [0, 0.05) is 37.1 Å². The van der Waals surface area contributed by atoms with Crippen molar-refractivity contribution in [1.82, 2.24) is 9.88 Å². The summed E-state index contributed by atoms with van der Waals surface area (Å²) in [6.07, 6.45) is 3.59. The number of aromatic nitrogens is 1. The first-order valence-corrected chi connectivity index (χ1v) is 10.5. The minimum absolute atomic E-state index is 0.194. The van der Waals surface area contributed by atoms with Crippen molar-refractivity contribution in [3.63, 3.8) is 0 Å². The van der Waals surface area contributed by atoms with E-state index in [-0.39, 0.29) is 5.25 Å². The number of rotatable bonds is 4. The number of hydrogen-bond donors (Lipinski definition) is 1. The molecule has 0 spiro atoms. The van der Waals surface area contributed by atoms with Crippen LogP contribution in [0.2, 0.25) is 0 Å². The highest BCUT2D eigenvalue weighted by molar-refractivity contribution is 7.92. The van der Waals surface area contributed by atoms with Crippen molar-refractivity contribution in [3.05, 3.63) is 16.1 Å². The first-order chi connectivity index (χ1) is 10.4. The van der Waals surface area contributed by atoms with E-state index in [1.165, 1.54) is 0 Å². The van der Waals surface area contributed by atoms with Gasteiger partial charge in [-0.05, 0) is 32.6 Å². The van der Waals surface area contributed by atoms with Crippen LogP contribution in [0.1, 0.15) is 36.4 Å². The van der Waals surface area contributed by atoms with E-state index in [4.69, 9.17) is 0 Å². The second-order valence-corrected chi connectivity index (χ2v) is 10.1. The lowest BCUT2D eigenvalue weighted by Gasteiger charge is -2.38. The summed E-state index contributed by atoms with van der Waals surface area (Å²) in [7, 11) is -2.87. The molecule has 3 rings (SSSR count). The van der Waals surface area contributed by atoms with Crippen molar-refractivity contribution in [3.8, 4) is 0 Å². The third kappa shape index (κ3) is 3.69. The fourth-order valence-electron chi connectivity index (χ4n) is 3.45. The molecule has 22 heavy (non-hydrogen) atoms. The number of likely N-dealkylation sites (tertiary alicyclic amines) is 1. The summed E-state index contributed by atoms with van der Waals surface area (Å²) >= 11 is 1.60. The Morgan fingerprint density at radius 1 is 1.45 bits per heavy atom. The highest BCUT2D eigenvalue weighted by atomic mass is 32.2. The summed E-state index contributed by atoms with van der Waals surface area (Å²) in [5.74, 6) is 0.346. The largest absolute Gasteiger partial charge is 0.389 e. The number of piperidine rings is 1. The summed E-state index contributed by atoms with van der Waals surface area (Å²) in [5, 5.41) is 13.5. The van der Waals surface area contributed by atoms with Crippen molar-refractivity contribution >= 4 is 21.2 Å². The zero-order chi connectivity index (χ0) is 15.8.